The zero-order chi connectivity index (χ0) is 20.0. The smallest absolute Gasteiger partial charge is 0.178 e. The van der Waals surface area contributed by atoms with Crippen LogP contribution in [0.25, 0.3) is 0 Å². The number of benzene rings is 1. The van der Waals surface area contributed by atoms with E-state index in [9.17, 15) is 0 Å². The summed E-state index contributed by atoms with van der Waals surface area (Å²) in [6.07, 6.45) is 14.5. The molecule has 0 aliphatic carbocycles. The first-order chi connectivity index (χ1) is 13.7. The molecule has 0 aliphatic rings. The first kappa shape index (κ1) is 25.7. The fraction of sp³-hybridized carbons (Fsp3) is 0.577. The largest absolute Gasteiger partial charge is 0.493 e. The Bertz CT molecular complexity index is 686. The normalized spacial score (nSPS) is 10.6. The van der Waals surface area contributed by atoms with Crippen molar-refractivity contribution in [3.05, 3.63) is 59.4 Å². The molecule has 0 amide bonds. The van der Waals surface area contributed by atoms with Gasteiger partial charge in [0, 0.05) is 25.5 Å². The number of hydrogen-bond acceptors (Lipinski definition) is 1. The highest BCUT2D eigenvalue weighted by Gasteiger charge is 2.07. The second-order valence-electron chi connectivity index (χ2n) is 7.95. The quantitative estimate of drug-likeness (QED) is 0.214. The Balaban J connectivity index is 0.00000420. The number of unbranched alkanes of at least 4 members (excludes halogenated alkanes) is 5. The number of halogens is 1. The molecule has 162 valence electrons. The van der Waals surface area contributed by atoms with Crippen molar-refractivity contribution >= 4 is 17.0 Å². The summed E-state index contributed by atoms with van der Waals surface area (Å²) in [4.78, 5) is 0. The van der Waals surface area contributed by atoms with Crippen molar-refractivity contribution in [1.29, 1.82) is 0 Å². The average molecular weight is 464 g/mol. The van der Waals surface area contributed by atoms with E-state index in [4.69, 9.17) is 4.74 Å². The molecule has 0 bridgehead atoms. The summed E-state index contributed by atoms with van der Waals surface area (Å²) in [5, 5.41) is 0. The number of aryl methyl sites for hydroxylation is 4. The predicted octanol–water partition coefficient (Wildman–Crippen LogP) is 7.19. The molecular formula is C26H41BrNO+. The third-order valence-electron chi connectivity index (χ3n) is 5.46. The van der Waals surface area contributed by atoms with Gasteiger partial charge in [-0.25, -0.2) is 4.57 Å². The van der Waals surface area contributed by atoms with Crippen LogP contribution in [0.2, 0.25) is 0 Å². The highest BCUT2D eigenvalue weighted by Crippen LogP contribution is 2.24. The zero-order valence-electron chi connectivity index (χ0n) is 18.8. The molecule has 0 spiro atoms. The van der Waals surface area contributed by atoms with Gasteiger partial charge in [0.1, 0.15) is 12.3 Å². The fourth-order valence-corrected chi connectivity index (χ4v) is 3.65. The highest BCUT2D eigenvalue weighted by atomic mass is 79.9. The van der Waals surface area contributed by atoms with E-state index in [0.717, 1.165) is 38.2 Å². The third kappa shape index (κ3) is 9.80. The van der Waals surface area contributed by atoms with Crippen LogP contribution in [-0.4, -0.2) is 6.61 Å². The second kappa shape index (κ2) is 15.5. The van der Waals surface area contributed by atoms with Crippen LogP contribution in [-0.2, 0) is 19.4 Å². The van der Waals surface area contributed by atoms with E-state index in [1.165, 1.54) is 61.8 Å². The molecule has 0 aliphatic heterocycles. The van der Waals surface area contributed by atoms with Crippen molar-refractivity contribution in [2.45, 2.75) is 91.5 Å². The van der Waals surface area contributed by atoms with E-state index in [1.54, 1.807) is 0 Å². The van der Waals surface area contributed by atoms with Crippen molar-refractivity contribution in [2.75, 3.05) is 6.61 Å². The van der Waals surface area contributed by atoms with Gasteiger partial charge < -0.3 is 4.74 Å². The molecule has 3 heteroatoms. The van der Waals surface area contributed by atoms with Gasteiger partial charge >= 0.3 is 0 Å². The number of aromatic nitrogens is 1. The Hall–Kier alpha value is -1.35. The van der Waals surface area contributed by atoms with Crippen LogP contribution >= 0.6 is 17.0 Å². The number of nitrogens with zero attached hydrogens (tertiary/aromatic N) is 1. The van der Waals surface area contributed by atoms with E-state index < -0.39 is 0 Å². The molecule has 2 rings (SSSR count). The zero-order valence-corrected chi connectivity index (χ0v) is 20.5. The molecule has 0 saturated heterocycles. The third-order valence-corrected chi connectivity index (χ3v) is 5.46. The van der Waals surface area contributed by atoms with Gasteiger partial charge in [-0.2, -0.15) is 0 Å². The van der Waals surface area contributed by atoms with Gasteiger partial charge in [-0.05, 0) is 49.3 Å². The van der Waals surface area contributed by atoms with Crippen LogP contribution in [0.15, 0.2) is 42.6 Å². The van der Waals surface area contributed by atoms with Gasteiger partial charge in [0.25, 0.3) is 0 Å². The highest BCUT2D eigenvalue weighted by molar-refractivity contribution is 8.93. The molecule has 2 nitrogen and oxygen atoms in total. The minimum absolute atomic E-state index is 0. The molecular weight excluding hydrogens is 422 g/mol. The average Bonchev–Trinajstić information content (AvgIpc) is 2.70. The Morgan fingerprint density at radius 1 is 0.828 bits per heavy atom. The minimum atomic E-state index is 0. The molecule has 29 heavy (non-hydrogen) atoms. The lowest BCUT2D eigenvalue weighted by molar-refractivity contribution is -0.703. The van der Waals surface area contributed by atoms with E-state index >= 15 is 0 Å². The van der Waals surface area contributed by atoms with Crippen LogP contribution in [0.3, 0.4) is 0 Å². The van der Waals surface area contributed by atoms with Gasteiger partial charge in [-0.1, -0.05) is 57.7 Å². The summed E-state index contributed by atoms with van der Waals surface area (Å²) in [6, 6.07) is 13.3. The maximum Gasteiger partial charge on any atom is 0.178 e. The Morgan fingerprint density at radius 2 is 1.59 bits per heavy atom. The number of rotatable bonds is 14. The van der Waals surface area contributed by atoms with Crippen molar-refractivity contribution in [3.8, 4) is 5.75 Å². The van der Waals surface area contributed by atoms with Gasteiger partial charge in [0.2, 0.25) is 0 Å². The molecule has 0 fully saturated rings. The van der Waals surface area contributed by atoms with Crippen molar-refractivity contribution in [1.82, 2.24) is 0 Å². The lowest BCUT2D eigenvalue weighted by atomic mass is 10.00. The molecule has 1 aromatic heterocycles. The Morgan fingerprint density at radius 3 is 2.31 bits per heavy atom. The lowest BCUT2D eigenvalue weighted by Gasteiger charge is -2.13. The molecule has 0 N–H and O–H groups in total. The molecule has 1 aromatic carbocycles. The summed E-state index contributed by atoms with van der Waals surface area (Å²) in [5.74, 6) is 1.11. The Labute approximate surface area is 189 Å². The number of ether oxygens (including phenoxy) is 1. The summed E-state index contributed by atoms with van der Waals surface area (Å²) >= 11 is 0. The molecule has 2 aromatic rings. The molecule has 1 heterocycles. The minimum Gasteiger partial charge on any atom is -0.493 e. The van der Waals surface area contributed by atoms with E-state index in [1.807, 2.05) is 0 Å². The summed E-state index contributed by atoms with van der Waals surface area (Å²) < 4.78 is 8.53. The monoisotopic (exact) mass is 462 g/mol. The molecule has 0 atom stereocenters. The van der Waals surface area contributed by atoms with Crippen molar-refractivity contribution in [2.24, 2.45) is 0 Å². The van der Waals surface area contributed by atoms with Crippen LogP contribution < -0.4 is 9.30 Å². The van der Waals surface area contributed by atoms with Crippen LogP contribution in [0.1, 0.15) is 82.0 Å². The van der Waals surface area contributed by atoms with E-state index in [2.05, 4.69) is 67.9 Å². The van der Waals surface area contributed by atoms with Crippen molar-refractivity contribution < 1.29 is 9.30 Å². The van der Waals surface area contributed by atoms with Crippen LogP contribution in [0, 0.1) is 6.92 Å². The van der Waals surface area contributed by atoms with Gasteiger partial charge in [-0.15, -0.1) is 17.0 Å². The van der Waals surface area contributed by atoms with Gasteiger partial charge in [0.15, 0.2) is 11.9 Å². The van der Waals surface area contributed by atoms with Crippen LogP contribution in [0.5, 0.6) is 5.75 Å². The SMILES string of the molecule is Br.CCCCCc1ccc(OCCCC[n+]2ccccc2C)c(CCCCC)c1. The second-order valence-corrected chi connectivity index (χ2v) is 7.95. The lowest BCUT2D eigenvalue weighted by Crippen LogP contribution is -2.36. The first-order valence-electron chi connectivity index (χ1n) is 11.4. The predicted molar refractivity (Wildman–Crippen MR) is 129 cm³/mol. The van der Waals surface area contributed by atoms with Gasteiger partial charge in [0.05, 0.1) is 6.61 Å². The number of pyridine rings is 1. The standard InChI is InChI=1S/C26H40NO.BrH/c1-4-6-8-15-24-17-18-26(25(22-24)16-9-7-5-2)28-21-13-12-20-27-19-11-10-14-23(27)3;/h10-11,14,17-19,22H,4-9,12-13,15-16,20-21H2,1-3H3;1H/q+1;. The maximum atomic E-state index is 6.21. The van der Waals surface area contributed by atoms with E-state index in [0.29, 0.717) is 0 Å². The first-order valence-corrected chi connectivity index (χ1v) is 11.4. The van der Waals surface area contributed by atoms with Gasteiger partial charge in [-0.3, -0.25) is 0 Å². The summed E-state index contributed by atoms with van der Waals surface area (Å²) in [5.41, 5.74) is 4.21. The topological polar surface area (TPSA) is 13.1 Å². The summed E-state index contributed by atoms with van der Waals surface area (Å²) in [6.45, 7) is 8.58. The fourth-order valence-electron chi connectivity index (χ4n) is 3.65. The van der Waals surface area contributed by atoms with Crippen LogP contribution in [0.4, 0.5) is 0 Å². The Kier molecular flexibility index (Phi) is 13.7. The summed E-state index contributed by atoms with van der Waals surface area (Å²) in [7, 11) is 0. The van der Waals surface area contributed by atoms with E-state index in [-0.39, 0.29) is 17.0 Å². The molecule has 0 saturated carbocycles. The molecule has 0 radical (unpaired) electrons. The number of hydrogen-bond donors (Lipinski definition) is 0. The maximum absolute atomic E-state index is 6.21. The van der Waals surface area contributed by atoms with Crippen molar-refractivity contribution in [3.63, 3.8) is 0 Å². The molecule has 0 unspecified atom stereocenters.